The Bertz CT molecular complexity index is 531. The first-order valence-corrected chi connectivity index (χ1v) is 7.62. The van der Waals surface area contributed by atoms with Crippen molar-refractivity contribution < 1.29 is 9.53 Å². The maximum atomic E-state index is 12.0. The van der Waals surface area contributed by atoms with Crippen LogP contribution < -0.4 is 10.1 Å². The van der Waals surface area contributed by atoms with Gasteiger partial charge in [0.15, 0.2) is 6.61 Å². The number of nitrogens with zero attached hydrogens (tertiary/aromatic N) is 1. The predicted molar refractivity (Wildman–Crippen MR) is 81.1 cm³/mol. The number of rotatable bonds is 4. The molecule has 5 heteroatoms. The summed E-state index contributed by atoms with van der Waals surface area (Å²) in [6.07, 6.45) is 5.63. The van der Waals surface area contributed by atoms with Crippen LogP contribution in [0.2, 0.25) is 5.02 Å². The Balaban J connectivity index is 1.89. The molecule has 1 fully saturated rings. The predicted octanol–water partition coefficient (Wildman–Crippen LogP) is 3.45. The van der Waals surface area contributed by atoms with Crippen molar-refractivity contribution in [2.45, 2.75) is 44.1 Å². The van der Waals surface area contributed by atoms with Gasteiger partial charge in [-0.3, -0.25) is 4.79 Å². The van der Waals surface area contributed by atoms with Gasteiger partial charge >= 0.3 is 0 Å². The van der Waals surface area contributed by atoms with Gasteiger partial charge in [0.2, 0.25) is 0 Å². The minimum Gasteiger partial charge on any atom is -0.484 e. The smallest absolute Gasteiger partial charge is 0.259 e. The Kier molecular flexibility index (Phi) is 5.46. The Hall–Kier alpha value is -1.73. The highest BCUT2D eigenvalue weighted by Crippen LogP contribution is 2.26. The molecule has 0 bridgehead atoms. The van der Waals surface area contributed by atoms with Gasteiger partial charge in [0.1, 0.15) is 11.3 Å². The van der Waals surface area contributed by atoms with Crippen molar-refractivity contribution >= 4 is 17.5 Å². The zero-order chi connectivity index (χ0) is 15.1. The summed E-state index contributed by atoms with van der Waals surface area (Å²) < 4.78 is 5.41. The lowest BCUT2D eigenvalue weighted by Crippen LogP contribution is -2.48. The second-order valence-electron chi connectivity index (χ2n) is 5.40. The maximum absolute atomic E-state index is 12.0. The highest BCUT2D eigenvalue weighted by molar-refractivity contribution is 6.30. The minimum atomic E-state index is -0.731. The van der Waals surface area contributed by atoms with E-state index < -0.39 is 5.54 Å². The highest BCUT2D eigenvalue weighted by Gasteiger charge is 2.32. The number of halogens is 1. The molecule has 2 rings (SSSR count). The summed E-state index contributed by atoms with van der Waals surface area (Å²) in [7, 11) is 0. The molecule has 0 aliphatic heterocycles. The summed E-state index contributed by atoms with van der Waals surface area (Å²) in [6, 6.07) is 9.18. The third-order valence-electron chi connectivity index (χ3n) is 3.72. The lowest BCUT2D eigenvalue weighted by Gasteiger charge is -2.26. The van der Waals surface area contributed by atoms with Gasteiger partial charge in [0.05, 0.1) is 6.07 Å². The number of hydrogen-bond acceptors (Lipinski definition) is 3. The number of nitrogens with one attached hydrogen (secondary N) is 1. The van der Waals surface area contributed by atoms with E-state index >= 15 is 0 Å². The second kappa shape index (κ2) is 7.33. The van der Waals surface area contributed by atoms with Gasteiger partial charge < -0.3 is 10.1 Å². The minimum absolute atomic E-state index is 0.107. The number of hydrogen-bond donors (Lipinski definition) is 1. The van der Waals surface area contributed by atoms with E-state index in [4.69, 9.17) is 16.3 Å². The van der Waals surface area contributed by atoms with E-state index in [2.05, 4.69) is 11.4 Å². The van der Waals surface area contributed by atoms with Crippen LogP contribution in [0.5, 0.6) is 5.75 Å². The average Bonchev–Trinajstić information content (AvgIpc) is 2.71. The van der Waals surface area contributed by atoms with Crippen LogP contribution in [-0.4, -0.2) is 18.1 Å². The van der Waals surface area contributed by atoms with Crippen molar-refractivity contribution in [3.8, 4) is 11.8 Å². The Morgan fingerprint density at radius 1 is 1.33 bits per heavy atom. The molecule has 0 aromatic heterocycles. The highest BCUT2D eigenvalue weighted by atomic mass is 35.5. The lowest BCUT2D eigenvalue weighted by molar-refractivity contribution is -0.124. The molecule has 1 N–H and O–H groups in total. The van der Waals surface area contributed by atoms with E-state index in [1.165, 1.54) is 0 Å². The number of carbonyl (C=O) groups excluding carboxylic acids is 1. The molecule has 0 unspecified atom stereocenters. The molecule has 0 spiro atoms. The van der Waals surface area contributed by atoms with Crippen LogP contribution in [0.1, 0.15) is 38.5 Å². The molecular formula is C16H19ClN2O2. The van der Waals surface area contributed by atoms with Gasteiger partial charge in [0, 0.05) is 5.02 Å². The van der Waals surface area contributed by atoms with Crippen LogP contribution in [0, 0.1) is 11.3 Å². The average molecular weight is 307 g/mol. The summed E-state index contributed by atoms with van der Waals surface area (Å²) in [5.41, 5.74) is -0.731. The quantitative estimate of drug-likeness (QED) is 0.867. The van der Waals surface area contributed by atoms with E-state index in [0.29, 0.717) is 23.6 Å². The number of nitriles is 1. The standard InChI is InChI=1S/C16H19ClN2O2/c17-13-6-5-7-14(10-13)21-11-15(20)19-16(12-18)8-3-1-2-4-9-16/h5-7,10H,1-4,8-9,11H2,(H,19,20). The summed E-state index contributed by atoms with van der Waals surface area (Å²) >= 11 is 5.85. The third-order valence-corrected chi connectivity index (χ3v) is 3.95. The molecule has 1 saturated carbocycles. The molecule has 0 radical (unpaired) electrons. The van der Waals surface area contributed by atoms with Crippen LogP contribution in [0.25, 0.3) is 0 Å². The molecule has 0 atom stereocenters. The zero-order valence-corrected chi connectivity index (χ0v) is 12.7. The molecule has 1 aromatic carbocycles. The van der Waals surface area contributed by atoms with Crippen molar-refractivity contribution in [1.82, 2.24) is 5.32 Å². The van der Waals surface area contributed by atoms with Crippen molar-refractivity contribution in [2.24, 2.45) is 0 Å². The first-order chi connectivity index (χ1) is 10.1. The van der Waals surface area contributed by atoms with Crippen molar-refractivity contribution in [3.63, 3.8) is 0 Å². The Morgan fingerprint density at radius 2 is 2.05 bits per heavy atom. The molecule has 0 saturated heterocycles. The summed E-state index contributed by atoms with van der Waals surface area (Å²) in [5, 5.41) is 12.8. The van der Waals surface area contributed by atoms with Gasteiger partial charge in [0.25, 0.3) is 5.91 Å². The Morgan fingerprint density at radius 3 is 2.67 bits per heavy atom. The van der Waals surface area contributed by atoms with Crippen molar-refractivity contribution in [3.05, 3.63) is 29.3 Å². The number of amides is 1. The largest absolute Gasteiger partial charge is 0.484 e. The van der Waals surface area contributed by atoms with E-state index in [9.17, 15) is 10.1 Å². The van der Waals surface area contributed by atoms with Crippen molar-refractivity contribution in [2.75, 3.05) is 6.61 Å². The summed E-state index contributed by atoms with van der Waals surface area (Å²) in [5.74, 6) is 0.281. The SMILES string of the molecule is N#CC1(NC(=O)COc2cccc(Cl)c2)CCCCCC1. The van der Waals surface area contributed by atoms with E-state index in [1.807, 2.05) is 0 Å². The van der Waals surface area contributed by atoms with Gasteiger partial charge in [-0.2, -0.15) is 5.26 Å². The van der Waals surface area contributed by atoms with Crippen LogP contribution in [0.3, 0.4) is 0 Å². The van der Waals surface area contributed by atoms with Gasteiger partial charge in [-0.1, -0.05) is 43.4 Å². The maximum Gasteiger partial charge on any atom is 0.259 e. The fraction of sp³-hybridized carbons (Fsp3) is 0.500. The summed E-state index contributed by atoms with van der Waals surface area (Å²) in [6.45, 7) is -0.107. The van der Waals surface area contributed by atoms with Gasteiger partial charge in [-0.15, -0.1) is 0 Å². The number of benzene rings is 1. The normalized spacial score (nSPS) is 17.3. The molecule has 112 valence electrons. The Labute approximate surface area is 130 Å². The summed E-state index contributed by atoms with van der Waals surface area (Å²) in [4.78, 5) is 12.0. The third kappa shape index (κ3) is 4.64. The zero-order valence-electron chi connectivity index (χ0n) is 11.9. The van der Waals surface area contributed by atoms with Crippen LogP contribution in [-0.2, 0) is 4.79 Å². The van der Waals surface area contributed by atoms with Gasteiger partial charge in [-0.05, 0) is 31.0 Å². The fourth-order valence-corrected chi connectivity index (χ4v) is 2.79. The molecule has 1 aromatic rings. The van der Waals surface area contributed by atoms with Gasteiger partial charge in [-0.25, -0.2) is 0 Å². The fourth-order valence-electron chi connectivity index (χ4n) is 2.61. The second-order valence-corrected chi connectivity index (χ2v) is 5.84. The molecule has 1 aliphatic rings. The van der Waals surface area contributed by atoms with E-state index in [-0.39, 0.29) is 12.5 Å². The topological polar surface area (TPSA) is 62.1 Å². The number of ether oxygens (including phenoxy) is 1. The molecule has 4 nitrogen and oxygen atoms in total. The van der Waals surface area contributed by atoms with E-state index in [1.54, 1.807) is 24.3 Å². The molecule has 1 aliphatic carbocycles. The van der Waals surface area contributed by atoms with E-state index in [0.717, 1.165) is 25.7 Å². The molecular weight excluding hydrogens is 288 g/mol. The van der Waals surface area contributed by atoms with Crippen molar-refractivity contribution in [1.29, 1.82) is 5.26 Å². The first kappa shape index (κ1) is 15.7. The van der Waals surface area contributed by atoms with Crippen LogP contribution >= 0.6 is 11.6 Å². The van der Waals surface area contributed by atoms with Crippen LogP contribution in [0.4, 0.5) is 0 Å². The lowest BCUT2D eigenvalue weighted by atomic mass is 9.92. The molecule has 0 heterocycles. The number of carbonyl (C=O) groups is 1. The first-order valence-electron chi connectivity index (χ1n) is 7.24. The molecule has 1 amide bonds. The monoisotopic (exact) mass is 306 g/mol. The molecule has 21 heavy (non-hydrogen) atoms. The van der Waals surface area contributed by atoms with Crippen LogP contribution in [0.15, 0.2) is 24.3 Å².